The summed E-state index contributed by atoms with van der Waals surface area (Å²) in [5.74, 6) is -0.0341. The maximum Gasteiger partial charge on any atom is 0.253 e. The van der Waals surface area contributed by atoms with Gasteiger partial charge in [0.25, 0.3) is 5.91 Å². The normalized spacial score (nSPS) is 24.1. The van der Waals surface area contributed by atoms with E-state index in [4.69, 9.17) is 0 Å². The van der Waals surface area contributed by atoms with Crippen LogP contribution in [0.4, 0.5) is 0 Å². The molecule has 1 amide bonds. The molecule has 1 heterocycles. The molecule has 1 unspecified atom stereocenters. The number of rotatable bonds is 1. The number of carbonyl (C=O) groups excluding carboxylic acids is 1. The van der Waals surface area contributed by atoms with Crippen LogP contribution >= 0.6 is 15.9 Å². The Labute approximate surface area is 121 Å². The lowest BCUT2D eigenvalue weighted by Gasteiger charge is -2.22. The molecular formula is C14H18BrNO3. The lowest BCUT2D eigenvalue weighted by Crippen LogP contribution is -2.33. The number of phenols is 1. The summed E-state index contributed by atoms with van der Waals surface area (Å²) >= 11 is 3.19. The Morgan fingerprint density at radius 3 is 2.79 bits per heavy atom. The van der Waals surface area contributed by atoms with Gasteiger partial charge in [-0.3, -0.25) is 4.79 Å². The number of nitrogens with zero attached hydrogens (tertiary/aromatic N) is 1. The van der Waals surface area contributed by atoms with Crippen LogP contribution in [0.15, 0.2) is 22.7 Å². The smallest absolute Gasteiger partial charge is 0.253 e. The molecule has 0 radical (unpaired) electrons. The Balaban J connectivity index is 2.13. The summed E-state index contributed by atoms with van der Waals surface area (Å²) < 4.78 is 0.572. The Hall–Kier alpha value is -1.07. The van der Waals surface area contributed by atoms with E-state index in [2.05, 4.69) is 15.9 Å². The molecule has 4 nitrogen and oxygen atoms in total. The van der Waals surface area contributed by atoms with E-state index in [0.29, 0.717) is 36.0 Å². The molecule has 1 aliphatic rings. The topological polar surface area (TPSA) is 60.8 Å². The molecule has 1 aliphatic heterocycles. The minimum Gasteiger partial charge on any atom is -0.507 e. The van der Waals surface area contributed by atoms with Gasteiger partial charge in [0, 0.05) is 18.7 Å². The number of aromatic hydroxyl groups is 1. The molecule has 19 heavy (non-hydrogen) atoms. The zero-order valence-corrected chi connectivity index (χ0v) is 12.5. The minimum absolute atomic E-state index is 0.0627. The highest BCUT2D eigenvalue weighted by atomic mass is 79.9. The van der Waals surface area contributed by atoms with Crippen LogP contribution < -0.4 is 0 Å². The second-order valence-corrected chi connectivity index (χ2v) is 6.16. The second-order valence-electron chi connectivity index (χ2n) is 5.31. The van der Waals surface area contributed by atoms with Gasteiger partial charge in [0.2, 0.25) is 0 Å². The molecule has 1 atom stereocenters. The number of amides is 1. The molecule has 0 aliphatic carbocycles. The first-order valence-electron chi connectivity index (χ1n) is 6.39. The maximum absolute atomic E-state index is 12.3. The van der Waals surface area contributed by atoms with Crippen molar-refractivity contribution in [1.29, 1.82) is 0 Å². The van der Waals surface area contributed by atoms with Crippen molar-refractivity contribution in [2.75, 3.05) is 13.1 Å². The summed E-state index contributed by atoms with van der Waals surface area (Å²) in [6.07, 6.45) is 2.09. The van der Waals surface area contributed by atoms with Crippen molar-refractivity contribution in [3.8, 4) is 5.75 Å². The number of hydrogen-bond donors (Lipinski definition) is 2. The molecule has 1 saturated heterocycles. The summed E-state index contributed by atoms with van der Waals surface area (Å²) in [4.78, 5) is 14.1. The van der Waals surface area contributed by atoms with Crippen LogP contribution in [0, 0.1) is 0 Å². The van der Waals surface area contributed by atoms with E-state index in [1.54, 1.807) is 17.0 Å². The number of benzene rings is 1. The van der Waals surface area contributed by atoms with Crippen LogP contribution in [-0.4, -0.2) is 39.7 Å². The van der Waals surface area contributed by atoms with Crippen molar-refractivity contribution in [2.45, 2.75) is 31.8 Å². The van der Waals surface area contributed by atoms with Gasteiger partial charge in [0.05, 0.1) is 10.1 Å². The van der Waals surface area contributed by atoms with Gasteiger partial charge >= 0.3 is 0 Å². The molecule has 0 saturated carbocycles. The standard InChI is InChI=1S/C14H18BrNO3/c1-14(19)5-2-7-16(8-6-14)13(18)10-3-4-11(15)12(17)9-10/h3-4,9,17,19H,2,5-8H2,1H3. The molecule has 2 rings (SSSR count). The van der Waals surface area contributed by atoms with Crippen molar-refractivity contribution in [1.82, 2.24) is 4.90 Å². The van der Waals surface area contributed by atoms with Gasteiger partial charge in [-0.2, -0.15) is 0 Å². The van der Waals surface area contributed by atoms with Crippen molar-refractivity contribution >= 4 is 21.8 Å². The zero-order chi connectivity index (χ0) is 14.0. The number of halogens is 1. The third kappa shape index (κ3) is 3.48. The first-order chi connectivity index (χ1) is 8.89. The first-order valence-corrected chi connectivity index (χ1v) is 7.18. The monoisotopic (exact) mass is 327 g/mol. The van der Waals surface area contributed by atoms with E-state index in [1.165, 1.54) is 6.07 Å². The van der Waals surface area contributed by atoms with Crippen molar-refractivity contribution in [3.05, 3.63) is 28.2 Å². The van der Waals surface area contributed by atoms with E-state index in [9.17, 15) is 15.0 Å². The number of hydrogen-bond acceptors (Lipinski definition) is 3. The van der Waals surface area contributed by atoms with E-state index < -0.39 is 5.60 Å². The Morgan fingerprint density at radius 2 is 2.11 bits per heavy atom. The fourth-order valence-electron chi connectivity index (χ4n) is 2.29. The van der Waals surface area contributed by atoms with Gasteiger partial charge in [-0.1, -0.05) is 0 Å². The third-order valence-corrected chi connectivity index (χ3v) is 4.21. The van der Waals surface area contributed by atoms with Crippen LogP contribution in [0.2, 0.25) is 0 Å². The summed E-state index contributed by atoms with van der Waals surface area (Å²) in [7, 11) is 0. The third-order valence-electron chi connectivity index (χ3n) is 3.54. The van der Waals surface area contributed by atoms with Crippen LogP contribution in [0.25, 0.3) is 0 Å². The van der Waals surface area contributed by atoms with Crippen molar-refractivity contribution < 1.29 is 15.0 Å². The zero-order valence-electron chi connectivity index (χ0n) is 10.9. The second kappa shape index (κ2) is 5.51. The van der Waals surface area contributed by atoms with Gasteiger partial charge in [-0.05, 0) is 60.3 Å². The highest BCUT2D eigenvalue weighted by Gasteiger charge is 2.27. The maximum atomic E-state index is 12.3. The van der Waals surface area contributed by atoms with Gasteiger partial charge in [0.15, 0.2) is 0 Å². The van der Waals surface area contributed by atoms with E-state index in [-0.39, 0.29) is 11.7 Å². The number of likely N-dealkylation sites (tertiary alicyclic amines) is 1. The fourth-order valence-corrected chi connectivity index (χ4v) is 2.54. The number of phenolic OH excluding ortho intramolecular Hbond substituents is 1. The highest BCUT2D eigenvalue weighted by molar-refractivity contribution is 9.10. The summed E-state index contributed by atoms with van der Waals surface area (Å²) in [6.45, 7) is 3.00. The van der Waals surface area contributed by atoms with Gasteiger partial charge in [-0.25, -0.2) is 0 Å². The Bertz CT molecular complexity index is 488. The van der Waals surface area contributed by atoms with Crippen LogP contribution in [0.1, 0.15) is 36.5 Å². The molecule has 0 spiro atoms. The molecule has 1 aromatic rings. The quantitative estimate of drug-likeness (QED) is 0.833. The molecule has 0 bridgehead atoms. The van der Waals surface area contributed by atoms with Gasteiger partial charge < -0.3 is 15.1 Å². The Kier molecular flexibility index (Phi) is 4.16. The Morgan fingerprint density at radius 1 is 1.37 bits per heavy atom. The summed E-state index contributed by atoms with van der Waals surface area (Å²) in [6, 6.07) is 4.82. The van der Waals surface area contributed by atoms with E-state index >= 15 is 0 Å². The minimum atomic E-state index is -0.684. The molecule has 2 N–H and O–H groups in total. The fraction of sp³-hybridized carbons (Fsp3) is 0.500. The lowest BCUT2D eigenvalue weighted by atomic mass is 9.98. The SMILES string of the molecule is CC1(O)CCCN(C(=O)c2ccc(Br)c(O)c2)CC1. The molecule has 1 fully saturated rings. The molecule has 5 heteroatoms. The number of carbonyl (C=O) groups is 1. The average molecular weight is 328 g/mol. The first kappa shape index (κ1) is 14.3. The highest BCUT2D eigenvalue weighted by Crippen LogP contribution is 2.26. The molecular weight excluding hydrogens is 310 g/mol. The summed E-state index contributed by atoms with van der Waals surface area (Å²) in [5.41, 5.74) is -0.209. The van der Waals surface area contributed by atoms with E-state index in [1.807, 2.05) is 6.92 Å². The van der Waals surface area contributed by atoms with Crippen LogP contribution in [-0.2, 0) is 0 Å². The van der Waals surface area contributed by atoms with Crippen LogP contribution in [0.3, 0.4) is 0 Å². The van der Waals surface area contributed by atoms with Crippen molar-refractivity contribution in [2.24, 2.45) is 0 Å². The molecule has 104 valence electrons. The summed E-state index contributed by atoms with van der Waals surface area (Å²) in [5, 5.41) is 19.6. The predicted molar refractivity (Wildman–Crippen MR) is 76.2 cm³/mol. The van der Waals surface area contributed by atoms with Gasteiger partial charge in [0.1, 0.15) is 5.75 Å². The molecule has 0 aromatic heterocycles. The molecule has 1 aromatic carbocycles. The predicted octanol–water partition coefficient (Wildman–Crippen LogP) is 2.53. The largest absolute Gasteiger partial charge is 0.507 e. The van der Waals surface area contributed by atoms with Crippen molar-refractivity contribution in [3.63, 3.8) is 0 Å². The number of aliphatic hydroxyl groups is 1. The van der Waals surface area contributed by atoms with Gasteiger partial charge in [-0.15, -0.1) is 0 Å². The average Bonchev–Trinajstić information content (AvgIpc) is 2.53. The van der Waals surface area contributed by atoms with E-state index in [0.717, 1.165) is 6.42 Å². The lowest BCUT2D eigenvalue weighted by molar-refractivity contribution is 0.0438. The van der Waals surface area contributed by atoms with Crippen LogP contribution in [0.5, 0.6) is 5.75 Å².